The highest BCUT2D eigenvalue weighted by Gasteiger charge is 2.35. The van der Waals surface area contributed by atoms with Gasteiger partial charge in [-0.1, -0.05) is 18.2 Å². The maximum absolute atomic E-state index is 11.5. The number of nitrogens with zero attached hydrogens (tertiary/aromatic N) is 1. The van der Waals surface area contributed by atoms with Crippen molar-refractivity contribution in [1.82, 2.24) is 9.88 Å². The summed E-state index contributed by atoms with van der Waals surface area (Å²) in [5.74, 6) is 0.362. The highest BCUT2D eigenvalue weighted by Crippen LogP contribution is 2.41. The number of carbonyl (C=O) groups is 1. The first-order valence-electron chi connectivity index (χ1n) is 8.16. The summed E-state index contributed by atoms with van der Waals surface area (Å²) in [7, 11) is 1.48. The summed E-state index contributed by atoms with van der Waals surface area (Å²) < 4.78 is 4.82. The third-order valence-corrected chi connectivity index (χ3v) is 5.29. The Morgan fingerprint density at radius 2 is 2.23 bits per heavy atom. The molecule has 2 aromatic rings. The van der Waals surface area contributed by atoms with Crippen molar-refractivity contribution in [3.8, 4) is 0 Å². The molecule has 0 unspecified atom stereocenters. The number of benzene rings is 1. The number of methoxy groups -OCH3 is 1. The second kappa shape index (κ2) is 5.43. The molecule has 116 valence electrons. The molecule has 22 heavy (non-hydrogen) atoms. The van der Waals surface area contributed by atoms with Crippen molar-refractivity contribution in [3.63, 3.8) is 0 Å². The summed E-state index contributed by atoms with van der Waals surface area (Å²) >= 11 is 0. The second-order valence-corrected chi connectivity index (χ2v) is 6.55. The largest absolute Gasteiger partial charge is 0.469 e. The Morgan fingerprint density at radius 1 is 1.36 bits per heavy atom. The lowest BCUT2D eigenvalue weighted by atomic mass is 9.85. The number of piperidine rings is 1. The highest BCUT2D eigenvalue weighted by molar-refractivity contribution is 5.85. The molecular formula is C18H22N2O2. The maximum atomic E-state index is 11.5. The molecule has 1 aromatic heterocycles. The minimum atomic E-state index is -0.0771. The number of rotatable bonds is 2. The average Bonchev–Trinajstić information content (AvgIpc) is 2.93. The molecule has 1 saturated heterocycles. The lowest BCUT2D eigenvalue weighted by Gasteiger charge is -2.42. The number of H-pyrrole nitrogens is 1. The van der Waals surface area contributed by atoms with E-state index < -0.39 is 0 Å². The standard InChI is InChI=1S/C18H22N2O2/c1-22-17(21)10-12-6-7-16-18-14(8-9-20(16)11-12)13-4-2-3-5-15(13)19-18/h2-5,12,16,19H,6-11H2,1H3/t12-,16-/m1/s1. The topological polar surface area (TPSA) is 45.3 Å². The van der Waals surface area contributed by atoms with E-state index in [1.165, 1.54) is 29.3 Å². The number of hydrogen-bond donors (Lipinski definition) is 1. The fraction of sp³-hybridized carbons (Fsp3) is 0.500. The van der Waals surface area contributed by atoms with E-state index in [1.54, 1.807) is 0 Å². The zero-order valence-electron chi connectivity index (χ0n) is 13.0. The van der Waals surface area contributed by atoms with Gasteiger partial charge in [-0.05, 0) is 36.8 Å². The Bertz CT molecular complexity index is 706. The van der Waals surface area contributed by atoms with Crippen LogP contribution in [0.1, 0.15) is 36.6 Å². The summed E-state index contributed by atoms with van der Waals surface area (Å²) in [6.07, 6.45) is 3.88. The Balaban J connectivity index is 1.58. The van der Waals surface area contributed by atoms with Crippen LogP contribution in [0.5, 0.6) is 0 Å². The summed E-state index contributed by atoms with van der Waals surface area (Å²) in [6.45, 7) is 2.10. The number of aromatic amines is 1. The molecule has 0 spiro atoms. The van der Waals surface area contributed by atoms with Crippen LogP contribution in [-0.2, 0) is 16.0 Å². The minimum Gasteiger partial charge on any atom is -0.469 e. The fourth-order valence-electron chi connectivity index (χ4n) is 4.22. The number of aromatic nitrogens is 1. The van der Waals surface area contributed by atoms with E-state index in [9.17, 15) is 4.79 Å². The van der Waals surface area contributed by atoms with E-state index in [4.69, 9.17) is 4.74 Å². The second-order valence-electron chi connectivity index (χ2n) is 6.55. The minimum absolute atomic E-state index is 0.0771. The number of hydrogen-bond acceptors (Lipinski definition) is 3. The van der Waals surface area contributed by atoms with Gasteiger partial charge in [-0.25, -0.2) is 0 Å². The van der Waals surface area contributed by atoms with Crippen LogP contribution in [0.3, 0.4) is 0 Å². The quantitative estimate of drug-likeness (QED) is 0.867. The predicted molar refractivity (Wildman–Crippen MR) is 85.7 cm³/mol. The van der Waals surface area contributed by atoms with Crippen LogP contribution in [-0.4, -0.2) is 36.1 Å². The van der Waals surface area contributed by atoms with Gasteiger partial charge in [0.05, 0.1) is 13.2 Å². The summed E-state index contributed by atoms with van der Waals surface area (Å²) in [5.41, 5.74) is 4.17. The number of nitrogens with one attached hydrogen (secondary N) is 1. The number of carbonyl (C=O) groups excluding carboxylic acids is 1. The normalized spacial score (nSPS) is 24.8. The van der Waals surface area contributed by atoms with Crippen molar-refractivity contribution in [2.45, 2.75) is 31.7 Å². The van der Waals surface area contributed by atoms with Crippen molar-refractivity contribution in [2.24, 2.45) is 5.92 Å². The van der Waals surface area contributed by atoms with Gasteiger partial charge in [0.15, 0.2) is 0 Å². The first kappa shape index (κ1) is 13.8. The van der Waals surface area contributed by atoms with Crippen molar-refractivity contribution < 1.29 is 9.53 Å². The molecule has 1 aromatic carbocycles. The lowest BCUT2D eigenvalue weighted by Crippen LogP contribution is -2.42. The van der Waals surface area contributed by atoms with Crippen molar-refractivity contribution >= 4 is 16.9 Å². The Labute approximate surface area is 130 Å². The summed E-state index contributed by atoms with van der Waals surface area (Å²) in [4.78, 5) is 17.7. The molecule has 0 amide bonds. The molecule has 3 heterocycles. The predicted octanol–water partition coefficient (Wildman–Crippen LogP) is 3.04. The molecule has 4 nitrogen and oxygen atoms in total. The zero-order chi connectivity index (χ0) is 15.1. The van der Waals surface area contributed by atoms with Crippen LogP contribution in [0.15, 0.2) is 24.3 Å². The third kappa shape index (κ3) is 2.22. The van der Waals surface area contributed by atoms with Gasteiger partial charge < -0.3 is 9.72 Å². The van der Waals surface area contributed by atoms with E-state index in [1.807, 2.05) is 0 Å². The molecule has 2 aliphatic rings. The van der Waals surface area contributed by atoms with Crippen molar-refractivity contribution in [2.75, 3.05) is 20.2 Å². The van der Waals surface area contributed by atoms with Gasteiger partial charge in [0.1, 0.15) is 0 Å². The molecular weight excluding hydrogens is 276 g/mol. The monoisotopic (exact) mass is 298 g/mol. The fourth-order valence-corrected chi connectivity index (χ4v) is 4.22. The molecule has 1 N–H and O–H groups in total. The van der Waals surface area contributed by atoms with Crippen LogP contribution in [0.25, 0.3) is 10.9 Å². The molecule has 0 radical (unpaired) electrons. The van der Waals surface area contributed by atoms with Crippen LogP contribution in [0, 0.1) is 5.92 Å². The SMILES string of the molecule is COC(=O)C[C@H]1CC[C@@H]2c3[nH]c4ccccc4c3CCN2C1. The van der Waals surface area contributed by atoms with E-state index in [2.05, 4.69) is 34.1 Å². The first-order valence-corrected chi connectivity index (χ1v) is 8.16. The van der Waals surface area contributed by atoms with Gasteiger partial charge in [-0.15, -0.1) is 0 Å². The smallest absolute Gasteiger partial charge is 0.305 e. The lowest BCUT2D eigenvalue weighted by molar-refractivity contribution is -0.142. The molecule has 2 aliphatic heterocycles. The average molecular weight is 298 g/mol. The van der Waals surface area contributed by atoms with Gasteiger partial charge in [-0.3, -0.25) is 9.69 Å². The molecule has 2 atom stereocenters. The highest BCUT2D eigenvalue weighted by atomic mass is 16.5. The van der Waals surface area contributed by atoms with Crippen LogP contribution in [0.4, 0.5) is 0 Å². The molecule has 0 aliphatic carbocycles. The van der Waals surface area contributed by atoms with Crippen molar-refractivity contribution in [1.29, 1.82) is 0 Å². The number of ether oxygens (including phenoxy) is 1. The molecule has 1 fully saturated rings. The summed E-state index contributed by atoms with van der Waals surface area (Å²) in [6, 6.07) is 9.10. The Kier molecular flexibility index (Phi) is 3.41. The first-order chi connectivity index (χ1) is 10.8. The molecule has 0 saturated carbocycles. The number of para-hydroxylation sites is 1. The summed E-state index contributed by atoms with van der Waals surface area (Å²) in [5, 5.41) is 1.38. The van der Waals surface area contributed by atoms with Crippen LogP contribution < -0.4 is 0 Å². The van der Waals surface area contributed by atoms with Crippen LogP contribution >= 0.6 is 0 Å². The van der Waals surface area contributed by atoms with Gasteiger partial charge in [0.25, 0.3) is 0 Å². The van der Waals surface area contributed by atoms with Gasteiger partial charge in [-0.2, -0.15) is 0 Å². The van der Waals surface area contributed by atoms with E-state index in [0.717, 1.165) is 32.4 Å². The van der Waals surface area contributed by atoms with Gasteiger partial charge in [0, 0.05) is 36.1 Å². The third-order valence-electron chi connectivity index (χ3n) is 5.29. The molecule has 4 rings (SSSR count). The Hall–Kier alpha value is -1.81. The molecule has 4 heteroatoms. The molecule has 0 bridgehead atoms. The van der Waals surface area contributed by atoms with Crippen LogP contribution in [0.2, 0.25) is 0 Å². The number of esters is 1. The van der Waals surface area contributed by atoms with Crippen molar-refractivity contribution in [3.05, 3.63) is 35.5 Å². The zero-order valence-corrected chi connectivity index (χ0v) is 13.0. The number of fused-ring (bicyclic) bond motifs is 5. The van der Waals surface area contributed by atoms with Gasteiger partial charge in [0.2, 0.25) is 0 Å². The van der Waals surface area contributed by atoms with E-state index in [0.29, 0.717) is 18.4 Å². The maximum Gasteiger partial charge on any atom is 0.305 e. The van der Waals surface area contributed by atoms with E-state index >= 15 is 0 Å². The van der Waals surface area contributed by atoms with E-state index in [-0.39, 0.29) is 5.97 Å². The Morgan fingerprint density at radius 3 is 3.09 bits per heavy atom. The van der Waals surface area contributed by atoms with Gasteiger partial charge >= 0.3 is 5.97 Å².